The molecule has 0 bridgehead atoms. The molecule has 4 rings (SSSR count). The van der Waals surface area contributed by atoms with Gasteiger partial charge in [0.05, 0.1) is 11.1 Å². The summed E-state index contributed by atoms with van der Waals surface area (Å²) >= 11 is 4.64. The summed E-state index contributed by atoms with van der Waals surface area (Å²) in [6.45, 7) is 0. The van der Waals surface area contributed by atoms with E-state index in [2.05, 4.69) is 22.8 Å². The summed E-state index contributed by atoms with van der Waals surface area (Å²) in [6, 6.07) is 4.54. The average Bonchev–Trinajstić information content (AvgIpc) is 3.35. The zero-order valence-electron chi connectivity index (χ0n) is 18.4. The van der Waals surface area contributed by atoms with Crippen molar-refractivity contribution in [2.75, 3.05) is 22.1 Å². The topological polar surface area (TPSA) is 106 Å². The molecule has 9 heteroatoms. The van der Waals surface area contributed by atoms with Crippen molar-refractivity contribution in [2.24, 2.45) is 0 Å². The molecule has 2 aromatic heterocycles. The van der Waals surface area contributed by atoms with Crippen LogP contribution in [0.1, 0.15) is 70.5 Å². The zero-order valence-corrected chi connectivity index (χ0v) is 20.9. The molecule has 0 saturated carbocycles. The number of nitriles is 2. The number of thiophene rings is 2. The number of rotatable bonds is 8. The second kappa shape index (κ2) is 11.2. The lowest BCUT2D eigenvalue weighted by molar-refractivity contribution is -0.116. The lowest BCUT2D eigenvalue weighted by Crippen LogP contribution is -2.14. The van der Waals surface area contributed by atoms with Gasteiger partial charge >= 0.3 is 0 Å². The lowest BCUT2D eigenvalue weighted by atomic mass is 9.96. The molecule has 0 aliphatic heterocycles. The largest absolute Gasteiger partial charge is 0.317 e. The highest BCUT2D eigenvalue weighted by molar-refractivity contribution is 7.99. The minimum atomic E-state index is -0.0927. The third-order valence-electron chi connectivity index (χ3n) is 6.02. The van der Waals surface area contributed by atoms with E-state index >= 15 is 0 Å². The van der Waals surface area contributed by atoms with E-state index in [9.17, 15) is 20.1 Å². The molecule has 0 radical (unpaired) electrons. The third-order valence-corrected chi connectivity index (χ3v) is 9.42. The Morgan fingerprint density at radius 3 is 1.61 bits per heavy atom. The highest BCUT2D eigenvalue weighted by Crippen LogP contribution is 2.38. The number of aryl methyl sites for hydroxylation is 2. The van der Waals surface area contributed by atoms with Crippen molar-refractivity contribution in [3.63, 3.8) is 0 Å². The minimum Gasteiger partial charge on any atom is -0.317 e. The van der Waals surface area contributed by atoms with Gasteiger partial charge in [-0.05, 0) is 62.5 Å². The van der Waals surface area contributed by atoms with Crippen molar-refractivity contribution in [3.8, 4) is 12.1 Å². The SMILES string of the molecule is N#Cc1c(NC(=O)CCSCCC(=O)Nc2sc3c(c2C#N)CCCC3)sc2c1CCCC2. The van der Waals surface area contributed by atoms with Crippen LogP contribution in [0.4, 0.5) is 10.0 Å². The Morgan fingerprint density at radius 2 is 1.18 bits per heavy atom. The van der Waals surface area contributed by atoms with Gasteiger partial charge in [0.1, 0.15) is 22.1 Å². The summed E-state index contributed by atoms with van der Waals surface area (Å²) in [5, 5.41) is 26.2. The quantitative estimate of drug-likeness (QED) is 0.474. The predicted octanol–water partition coefficient (Wildman–Crippen LogP) is 5.40. The second-order valence-corrected chi connectivity index (χ2v) is 11.7. The van der Waals surface area contributed by atoms with Crippen LogP contribution in [0.2, 0.25) is 0 Å². The molecule has 6 nitrogen and oxygen atoms in total. The number of hydrogen-bond acceptors (Lipinski definition) is 7. The Kier molecular flexibility index (Phi) is 8.08. The van der Waals surface area contributed by atoms with Gasteiger partial charge in [0, 0.05) is 34.1 Å². The van der Waals surface area contributed by atoms with Gasteiger partial charge in [-0.2, -0.15) is 22.3 Å². The first kappa shape index (κ1) is 23.8. The van der Waals surface area contributed by atoms with Crippen LogP contribution in [-0.2, 0) is 35.3 Å². The van der Waals surface area contributed by atoms with E-state index in [-0.39, 0.29) is 11.8 Å². The molecular formula is C24H26N4O2S3. The molecule has 2 heterocycles. The fourth-order valence-electron chi connectivity index (χ4n) is 4.35. The number of thioether (sulfide) groups is 1. The van der Waals surface area contributed by atoms with Crippen LogP contribution in [0, 0.1) is 22.7 Å². The Balaban J connectivity index is 1.19. The van der Waals surface area contributed by atoms with E-state index in [0.29, 0.717) is 45.5 Å². The Bertz CT molecular complexity index is 1050. The van der Waals surface area contributed by atoms with Crippen molar-refractivity contribution in [3.05, 3.63) is 32.0 Å². The lowest BCUT2D eigenvalue weighted by Gasteiger charge is -2.09. The molecular weight excluding hydrogens is 472 g/mol. The van der Waals surface area contributed by atoms with Crippen LogP contribution in [0.25, 0.3) is 0 Å². The normalized spacial score (nSPS) is 14.5. The van der Waals surface area contributed by atoms with E-state index in [0.717, 1.165) is 62.5 Å². The molecule has 2 amide bonds. The summed E-state index contributed by atoms with van der Waals surface area (Å²) in [5.74, 6) is 1.04. The maximum atomic E-state index is 12.4. The van der Waals surface area contributed by atoms with Gasteiger partial charge in [-0.3, -0.25) is 9.59 Å². The van der Waals surface area contributed by atoms with Crippen molar-refractivity contribution in [1.29, 1.82) is 10.5 Å². The van der Waals surface area contributed by atoms with Gasteiger partial charge in [0.15, 0.2) is 0 Å². The monoisotopic (exact) mass is 498 g/mol. The van der Waals surface area contributed by atoms with E-state index in [1.54, 1.807) is 11.8 Å². The minimum absolute atomic E-state index is 0.0927. The van der Waals surface area contributed by atoms with E-state index < -0.39 is 0 Å². The van der Waals surface area contributed by atoms with Gasteiger partial charge in [0.25, 0.3) is 0 Å². The predicted molar refractivity (Wildman–Crippen MR) is 135 cm³/mol. The summed E-state index contributed by atoms with van der Waals surface area (Å²) in [5.41, 5.74) is 3.52. The fourth-order valence-corrected chi connectivity index (χ4v) is 7.73. The van der Waals surface area contributed by atoms with E-state index in [1.807, 2.05) is 0 Å². The Morgan fingerprint density at radius 1 is 0.758 bits per heavy atom. The van der Waals surface area contributed by atoms with Gasteiger partial charge in [0.2, 0.25) is 11.8 Å². The smallest absolute Gasteiger partial charge is 0.225 e. The molecule has 2 aliphatic carbocycles. The zero-order chi connectivity index (χ0) is 23.2. The number of carbonyl (C=O) groups excluding carboxylic acids is 2. The number of amides is 2. The summed E-state index contributed by atoms with van der Waals surface area (Å²) < 4.78 is 0. The summed E-state index contributed by atoms with van der Waals surface area (Å²) in [6.07, 6.45) is 9.00. The average molecular weight is 499 g/mol. The molecule has 0 unspecified atom stereocenters. The second-order valence-electron chi connectivity index (χ2n) is 8.26. The number of fused-ring (bicyclic) bond motifs is 2. The maximum absolute atomic E-state index is 12.4. The maximum Gasteiger partial charge on any atom is 0.225 e. The van der Waals surface area contributed by atoms with Crippen molar-refractivity contribution in [2.45, 2.75) is 64.2 Å². The molecule has 0 atom stereocenters. The highest BCUT2D eigenvalue weighted by Gasteiger charge is 2.23. The van der Waals surface area contributed by atoms with Gasteiger partial charge in [-0.15, -0.1) is 22.7 Å². The number of carbonyl (C=O) groups is 2. The molecule has 2 aliphatic rings. The fraction of sp³-hybridized carbons (Fsp3) is 0.500. The van der Waals surface area contributed by atoms with Crippen LogP contribution < -0.4 is 10.6 Å². The van der Waals surface area contributed by atoms with Crippen LogP contribution in [0.15, 0.2) is 0 Å². The molecule has 0 fully saturated rings. The van der Waals surface area contributed by atoms with Crippen molar-refractivity contribution < 1.29 is 9.59 Å². The number of anilines is 2. The van der Waals surface area contributed by atoms with E-state index in [1.165, 1.54) is 32.4 Å². The third kappa shape index (κ3) is 5.60. The Hall–Kier alpha value is -2.33. The van der Waals surface area contributed by atoms with Crippen molar-refractivity contribution in [1.82, 2.24) is 0 Å². The highest BCUT2D eigenvalue weighted by atomic mass is 32.2. The van der Waals surface area contributed by atoms with Crippen LogP contribution in [-0.4, -0.2) is 23.3 Å². The summed E-state index contributed by atoms with van der Waals surface area (Å²) in [4.78, 5) is 27.2. The molecule has 0 aromatic carbocycles. The van der Waals surface area contributed by atoms with Crippen molar-refractivity contribution >= 4 is 56.3 Å². The molecule has 0 saturated heterocycles. The first-order chi connectivity index (χ1) is 16.1. The molecule has 33 heavy (non-hydrogen) atoms. The van der Waals surface area contributed by atoms with Crippen LogP contribution >= 0.6 is 34.4 Å². The number of nitrogens with one attached hydrogen (secondary N) is 2. The molecule has 172 valence electrons. The summed E-state index contributed by atoms with van der Waals surface area (Å²) in [7, 11) is 0. The standard InChI is InChI=1S/C24H26N4O2S3/c25-13-17-15-5-1-3-7-19(15)32-23(17)27-21(29)9-11-31-12-10-22(30)28-24-18(14-26)16-6-2-4-8-20(16)33-24/h1-12H2,(H,27,29)(H,28,30). The van der Waals surface area contributed by atoms with Crippen LogP contribution in [0.3, 0.4) is 0 Å². The molecule has 2 N–H and O–H groups in total. The van der Waals surface area contributed by atoms with Gasteiger partial charge < -0.3 is 10.6 Å². The Labute approximate surface area is 206 Å². The molecule has 0 spiro atoms. The first-order valence-corrected chi connectivity index (χ1v) is 14.2. The van der Waals surface area contributed by atoms with Gasteiger partial charge in [-0.1, -0.05) is 0 Å². The van der Waals surface area contributed by atoms with Gasteiger partial charge in [-0.25, -0.2) is 0 Å². The van der Waals surface area contributed by atoms with Crippen LogP contribution in [0.5, 0.6) is 0 Å². The number of hydrogen-bond donors (Lipinski definition) is 2. The number of nitrogens with zero attached hydrogens (tertiary/aromatic N) is 2. The van der Waals surface area contributed by atoms with E-state index in [4.69, 9.17) is 0 Å². The first-order valence-electron chi connectivity index (χ1n) is 11.4. The molecule has 2 aromatic rings.